The molecule has 0 radical (unpaired) electrons. The highest BCUT2D eigenvalue weighted by atomic mass is 35.5. The molecule has 0 aliphatic rings. The number of sulfonamides is 1. The Morgan fingerprint density at radius 1 is 0.919 bits per heavy atom. The Morgan fingerprint density at radius 3 is 2.32 bits per heavy atom. The zero-order valence-electron chi connectivity index (χ0n) is 19.5. The molecule has 0 saturated heterocycles. The van der Waals surface area contributed by atoms with Gasteiger partial charge in [0.05, 0.1) is 32.4 Å². The first-order valence-electron chi connectivity index (χ1n) is 10.6. The summed E-state index contributed by atoms with van der Waals surface area (Å²) in [5.74, 6) is -0.497. The highest BCUT2D eigenvalue weighted by molar-refractivity contribution is 7.92. The number of nitrogens with two attached hydrogens (primary N) is 1. The van der Waals surface area contributed by atoms with Crippen molar-refractivity contribution in [2.45, 2.75) is 23.6 Å². The molecule has 4 aromatic carbocycles. The van der Waals surface area contributed by atoms with Gasteiger partial charge in [-0.15, -0.1) is 5.11 Å². The van der Waals surface area contributed by atoms with Gasteiger partial charge < -0.3 is 10.8 Å². The summed E-state index contributed by atoms with van der Waals surface area (Å²) in [6.45, 7) is 3.67. The van der Waals surface area contributed by atoms with Gasteiger partial charge in [-0.05, 0) is 61.2 Å². The van der Waals surface area contributed by atoms with Crippen LogP contribution in [0.3, 0.4) is 0 Å². The molecular formula is C24H21ClN4O6S2. The number of phenols is 1. The summed E-state index contributed by atoms with van der Waals surface area (Å²) in [6, 6.07) is 14.2. The van der Waals surface area contributed by atoms with E-state index in [1.807, 2.05) is 13.0 Å². The molecule has 0 aliphatic heterocycles. The van der Waals surface area contributed by atoms with Crippen LogP contribution < -0.4 is 10.5 Å². The van der Waals surface area contributed by atoms with E-state index in [1.165, 1.54) is 30.3 Å². The number of aromatic hydroxyl groups is 1. The molecule has 5 N–H and O–H groups in total. The number of phenolic OH excluding ortho intramolecular Hbond substituents is 1. The lowest BCUT2D eigenvalue weighted by Gasteiger charge is -2.12. The van der Waals surface area contributed by atoms with Crippen molar-refractivity contribution in [2.24, 2.45) is 10.2 Å². The first-order valence-corrected chi connectivity index (χ1v) is 13.9. The molecule has 0 amide bonds. The van der Waals surface area contributed by atoms with E-state index in [9.17, 15) is 26.5 Å². The van der Waals surface area contributed by atoms with Gasteiger partial charge in [0.2, 0.25) is 0 Å². The first-order chi connectivity index (χ1) is 17.3. The molecule has 37 heavy (non-hydrogen) atoms. The van der Waals surface area contributed by atoms with Crippen LogP contribution >= 0.6 is 11.6 Å². The van der Waals surface area contributed by atoms with Gasteiger partial charge in [0.25, 0.3) is 20.1 Å². The summed E-state index contributed by atoms with van der Waals surface area (Å²) < 4.78 is 61.0. The minimum Gasteiger partial charge on any atom is -0.507 e. The molecule has 0 aromatic heterocycles. The van der Waals surface area contributed by atoms with Gasteiger partial charge >= 0.3 is 0 Å². The van der Waals surface area contributed by atoms with Crippen molar-refractivity contribution in [1.29, 1.82) is 0 Å². The molecule has 0 heterocycles. The third-order valence-corrected chi connectivity index (χ3v) is 8.15. The van der Waals surface area contributed by atoms with Crippen LogP contribution in [0.5, 0.6) is 5.75 Å². The van der Waals surface area contributed by atoms with Crippen molar-refractivity contribution in [3.8, 4) is 5.75 Å². The second kappa shape index (κ2) is 9.63. The Balaban J connectivity index is 1.75. The molecule has 192 valence electrons. The molecule has 0 spiro atoms. The molecule has 4 rings (SSSR count). The number of halogens is 1. The van der Waals surface area contributed by atoms with Crippen molar-refractivity contribution in [2.75, 3.05) is 10.5 Å². The number of nitrogens with one attached hydrogen (secondary N) is 1. The van der Waals surface area contributed by atoms with Gasteiger partial charge in [0.1, 0.15) is 16.3 Å². The van der Waals surface area contributed by atoms with E-state index >= 15 is 0 Å². The van der Waals surface area contributed by atoms with E-state index in [4.69, 9.17) is 17.3 Å². The molecule has 0 saturated carbocycles. The number of anilines is 2. The van der Waals surface area contributed by atoms with E-state index < -0.39 is 30.8 Å². The number of hydrogen-bond donors (Lipinski definition) is 4. The summed E-state index contributed by atoms with van der Waals surface area (Å²) in [5, 5.41) is 18.9. The lowest BCUT2D eigenvalue weighted by molar-refractivity contribution is 0.471. The third-order valence-electron chi connectivity index (χ3n) is 5.47. The molecule has 0 atom stereocenters. The zero-order chi connectivity index (χ0) is 27.1. The van der Waals surface area contributed by atoms with E-state index in [1.54, 1.807) is 19.1 Å². The maximum Gasteiger partial charge on any atom is 0.294 e. The Bertz CT molecular complexity index is 1810. The maximum atomic E-state index is 13.1. The van der Waals surface area contributed by atoms with E-state index in [-0.39, 0.29) is 37.8 Å². The quantitative estimate of drug-likeness (QED) is 0.130. The van der Waals surface area contributed by atoms with Crippen molar-refractivity contribution in [3.05, 3.63) is 76.8 Å². The van der Waals surface area contributed by atoms with Crippen LogP contribution in [0.4, 0.5) is 22.7 Å². The van der Waals surface area contributed by atoms with Crippen molar-refractivity contribution >= 4 is 65.3 Å². The van der Waals surface area contributed by atoms with Crippen LogP contribution in [0.1, 0.15) is 11.1 Å². The average molecular weight is 561 g/mol. The zero-order valence-corrected chi connectivity index (χ0v) is 21.9. The van der Waals surface area contributed by atoms with E-state index in [0.29, 0.717) is 5.69 Å². The Kier molecular flexibility index (Phi) is 6.86. The smallest absolute Gasteiger partial charge is 0.294 e. The molecule has 0 fully saturated rings. The molecule has 0 aliphatic carbocycles. The van der Waals surface area contributed by atoms with Gasteiger partial charge in [-0.1, -0.05) is 35.4 Å². The summed E-state index contributed by atoms with van der Waals surface area (Å²) >= 11 is 6.19. The Morgan fingerprint density at radius 2 is 1.65 bits per heavy atom. The number of azo groups is 1. The molecule has 10 nitrogen and oxygen atoms in total. The van der Waals surface area contributed by atoms with Gasteiger partial charge in [0.15, 0.2) is 0 Å². The number of benzene rings is 4. The van der Waals surface area contributed by atoms with Crippen molar-refractivity contribution < 1.29 is 26.5 Å². The third kappa shape index (κ3) is 5.52. The lowest BCUT2D eigenvalue weighted by atomic mass is 10.1. The number of hydrogen-bond acceptors (Lipinski definition) is 8. The van der Waals surface area contributed by atoms with Crippen LogP contribution in [0.2, 0.25) is 5.02 Å². The number of rotatable bonds is 6. The normalized spacial score (nSPS) is 12.3. The monoisotopic (exact) mass is 560 g/mol. The second-order valence-corrected chi connectivity index (χ2v) is 11.7. The topological polar surface area (TPSA) is 172 Å². The van der Waals surface area contributed by atoms with Gasteiger partial charge in [-0.25, -0.2) is 8.42 Å². The molecule has 0 unspecified atom stereocenters. The summed E-state index contributed by atoms with van der Waals surface area (Å²) in [4.78, 5) is -0.730. The highest BCUT2D eigenvalue weighted by Crippen LogP contribution is 2.40. The highest BCUT2D eigenvalue weighted by Gasteiger charge is 2.20. The minimum atomic E-state index is -4.57. The fourth-order valence-corrected chi connectivity index (χ4v) is 5.85. The summed E-state index contributed by atoms with van der Waals surface area (Å²) in [5.41, 5.74) is 8.39. The molecular weight excluding hydrogens is 540 g/mol. The SMILES string of the molecule is Cc1ccc(NS(=O)(=O)c2cc(N=Nc3c(N)ccc4cc(S(=O)(=O)O)cc(O)c34)ccc2Cl)c(C)c1. The Labute approximate surface area is 218 Å². The van der Waals surface area contributed by atoms with Crippen LogP contribution in [-0.4, -0.2) is 26.5 Å². The van der Waals surface area contributed by atoms with Crippen molar-refractivity contribution in [3.63, 3.8) is 0 Å². The van der Waals surface area contributed by atoms with Gasteiger partial charge in [-0.2, -0.15) is 13.5 Å². The van der Waals surface area contributed by atoms with Crippen LogP contribution in [0.15, 0.2) is 80.7 Å². The van der Waals surface area contributed by atoms with Gasteiger partial charge in [0, 0.05) is 6.07 Å². The number of aryl methyl sites for hydroxylation is 2. The molecule has 4 aromatic rings. The fraction of sp³-hybridized carbons (Fsp3) is 0.0833. The summed E-state index contributed by atoms with van der Waals surface area (Å²) in [7, 11) is -8.65. The van der Waals surface area contributed by atoms with Gasteiger partial charge in [-0.3, -0.25) is 9.27 Å². The predicted molar refractivity (Wildman–Crippen MR) is 142 cm³/mol. The van der Waals surface area contributed by atoms with Crippen LogP contribution in [0, 0.1) is 13.8 Å². The van der Waals surface area contributed by atoms with Crippen LogP contribution in [-0.2, 0) is 20.1 Å². The minimum absolute atomic E-state index is 0.0182. The predicted octanol–water partition coefficient (Wildman–Crippen LogP) is 5.86. The summed E-state index contributed by atoms with van der Waals surface area (Å²) in [6.07, 6.45) is 0. The molecule has 13 heteroatoms. The standard InChI is InChI=1S/C24H21ClN4O6S2/c1-13-3-8-20(14(2)9-13)29-36(31,32)22-11-16(5-6-18(22)25)27-28-24-19(26)7-4-15-10-17(37(33,34)35)12-21(30)23(15)24/h3-12,29-30H,26H2,1-2H3,(H,33,34,35). The lowest BCUT2D eigenvalue weighted by Crippen LogP contribution is -2.14. The van der Waals surface area contributed by atoms with Crippen LogP contribution in [0.25, 0.3) is 10.8 Å². The number of nitrogen functional groups attached to an aromatic ring is 1. The fourth-order valence-electron chi connectivity index (χ4n) is 3.67. The first kappa shape index (κ1) is 26.4. The van der Waals surface area contributed by atoms with Crippen molar-refractivity contribution in [1.82, 2.24) is 0 Å². The number of fused-ring (bicyclic) bond motifs is 1. The second-order valence-electron chi connectivity index (χ2n) is 8.26. The van der Waals surface area contributed by atoms with E-state index in [2.05, 4.69) is 15.0 Å². The largest absolute Gasteiger partial charge is 0.507 e. The maximum absolute atomic E-state index is 13.1. The number of nitrogens with zero attached hydrogens (tertiary/aromatic N) is 2. The average Bonchev–Trinajstić information content (AvgIpc) is 2.80. The van der Waals surface area contributed by atoms with E-state index in [0.717, 1.165) is 23.3 Å². The molecule has 0 bridgehead atoms. The Hall–Kier alpha value is -3.71.